The molecule has 0 saturated heterocycles. The van der Waals surface area contributed by atoms with Crippen LogP contribution < -0.4 is 0 Å². The Morgan fingerprint density at radius 2 is 1.76 bits per heavy atom. The first-order chi connectivity index (χ1) is 8.45. The van der Waals surface area contributed by atoms with Crippen molar-refractivity contribution in [3.63, 3.8) is 0 Å². The van der Waals surface area contributed by atoms with Crippen molar-refractivity contribution in [2.24, 2.45) is 4.99 Å². The molecule has 1 aliphatic carbocycles. The number of thioether (sulfide) groups is 1. The van der Waals surface area contributed by atoms with Crippen molar-refractivity contribution >= 4 is 17.5 Å². The molecular formula is C15H21NS. The first kappa shape index (κ1) is 12.7. The molecule has 1 aromatic carbocycles. The summed E-state index contributed by atoms with van der Waals surface area (Å²) in [5, 5.41) is 0. The van der Waals surface area contributed by atoms with Gasteiger partial charge in [-0.15, -0.1) is 0 Å². The fourth-order valence-electron chi connectivity index (χ4n) is 2.15. The van der Waals surface area contributed by atoms with Gasteiger partial charge < -0.3 is 0 Å². The Bertz CT molecular complexity index is 337. The highest BCUT2D eigenvalue weighted by Gasteiger charge is 2.05. The van der Waals surface area contributed by atoms with Crippen LogP contribution in [0.3, 0.4) is 0 Å². The van der Waals surface area contributed by atoms with E-state index in [1.54, 1.807) is 0 Å². The largest absolute Gasteiger partial charge is 0.293 e. The van der Waals surface area contributed by atoms with E-state index in [1.807, 2.05) is 11.8 Å². The molecule has 1 fully saturated rings. The normalized spacial score (nSPS) is 15.9. The lowest BCUT2D eigenvalue weighted by molar-refractivity contribution is 0.664. The van der Waals surface area contributed by atoms with Crippen LogP contribution in [-0.4, -0.2) is 18.0 Å². The summed E-state index contributed by atoms with van der Waals surface area (Å²) in [6.07, 6.45) is 6.63. The lowest BCUT2D eigenvalue weighted by atomic mass is 9.99. The maximum Gasteiger partial charge on any atom is 0.0479 e. The molecule has 0 atom stereocenters. The molecule has 1 saturated carbocycles. The molecule has 0 unspecified atom stereocenters. The second kappa shape index (κ2) is 7.54. The van der Waals surface area contributed by atoms with Crippen LogP contribution in [-0.2, 0) is 5.75 Å². The van der Waals surface area contributed by atoms with E-state index in [2.05, 4.69) is 30.3 Å². The minimum Gasteiger partial charge on any atom is -0.293 e. The van der Waals surface area contributed by atoms with Crippen molar-refractivity contribution in [2.75, 3.05) is 12.3 Å². The van der Waals surface area contributed by atoms with Gasteiger partial charge in [0.05, 0.1) is 0 Å². The third-order valence-electron chi connectivity index (χ3n) is 3.11. The van der Waals surface area contributed by atoms with Gasteiger partial charge in [0.25, 0.3) is 0 Å². The molecule has 1 nitrogen and oxygen atoms in total. The number of hydrogen-bond donors (Lipinski definition) is 0. The molecule has 92 valence electrons. The van der Waals surface area contributed by atoms with Gasteiger partial charge in [-0.1, -0.05) is 36.8 Å². The Kier molecular flexibility index (Phi) is 5.63. The number of benzene rings is 1. The van der Waals surface area contributed by atoms with Crippen molar-refractivity contribution in [3.05, 3.63) is 35.9 Å². The van der Waals surface area contributed by atoms with E-state index in [9.17, 15) is 0 Å². The van der Waals surface area contributed by atoms with E-state index in [1.165, 1.54) is 43.4 Å². The van der Waals surface area contributed by atoms with Crippen molar-refractivity contribution in [1.82, 2.24) is 0 Å². The van der Waals surface area contributed by atoms with Crippen LogP contribution >= 0.6 is 11.8 Å². The molecule has 0 aliphatic heterocycles. The van der Waals surface area contributed by atoms with Crippen LogP contribution in [0.2, 0.25) is 0 Å². The highest BCUT2D eigenvalue weighted by molar-refractivity contribution is 7.98. The summed E-state index contributed by atoms with van der Waals surface area (Å²) in [6, 6.07) is 10.7. The maximum atomic E-state index is 4.71. The summed E-state index contributed by atoms with van der Waals surface area (Å²) >= 11 is 1.99. The van der Waals surface area contributed by atoms with Crippen LogP contribution in [0.1, 0.15) is 37.7 Å². The minimum absolute atomic E-state index is 1.01. The van der Waals surface area contributed by atoms with Gasteiger partial charge in [-0.3, -0.25) is 4.99 Å². The molecular weight excluding hydrogens is 226 g/mol. The lowest BCUT2D eigenvalue weighted by Crippen LogP contribution is -2.05. The van der Waals surface area contributed by atoms with Crippen molar-refractivity contribution < 1.29 is 0 Å². The number of hydrogen-bond acceptors (Lipinski definition) is 2. The first-order valence-corrected chi connectivity index (χ1v) is 7.74. The predicted molar refractivity (Wildman–Crippen MR) is 78.0 cm³/mol. The third-order valence-corrected chi connectivity index (χ3v) is 4.12. The molecule has 0 heterocycles. The molecule has 0 bridgehead atoms. The zero-order chi connectivity index (χ0) is 11.8. The van der Waals surface area contributed by atoms with Gasteiger partial charge in [0, 0.05) is 23.8 Å². The topological polar surface area (TPSA) is 12.4 Å². The zero-order valence-electron chi connectivity index (χ0n) is 10.4. The average molecular weight is 247 g/mol. The van der Waals surface area contributed by atoms with Crippen molar-refractivity contribution in [3.8, 4) is 0 Å². The van der Waals surface area contributed by atoms with E-state index in [-0.39, 0.29) is 0 Å². The molecule has 2 heteroatoms. The molecule has 0 radical (unpaired) electrons. The molecule has 17 heavy (non-hydrogen) atoms. The van der Waals surface area contributed by atoms with E-state index in [4.69, 9.17) is 4.99 Å². The quantitative estimate of drug-likeness (QED) is 0.706. The number of nitrogens with zero attached hydrogens (tertiary/aromatic N) is 1. The molecule has 1 aliphatic rings. The summed E-state index contributed by atoms with van der Waals surface area (Å²) in [6.45, 7) is 1.01. The molecule has 0 aromatic heterocycles. The Hall–Kier alpha value is -0.760. The highest BCUT2D eigenvalue weighted by atomic mass is 32.2. The zero-order valence-corrected chi connectivity index (χ0v) is 11.2. The van der Waals surface area contributed by atoms with Gasteiger partial charge in [-0.25, -0.2) is 0 Å². The minimum atomic E-state index is 1.01. The summed E-state index contributed by atoms with van der Waals surface area (Å²) in [7, 11) is 0. The van der Waals surface area contributed by atoms with Crippen molar-refractivity contribution in [2.45, 2.75) is 37.9 Å². The van der Waals surface area contributed by atoms with Gasteiger partial charge in [0.15, 0.2) is 0 Å². The van der Waals surface area contributed by atoms with Crippen LogP contribution in [0.4, 0.5) is 0 Å². The summed E-state index contributed by atoms with van der Waals surface area (Å²) < 4.78 is 0. The van der Waals surface area contributed by atoms with E-state index in [0.29, 0.717) is 0 Å². The first-order valence-electron chi connectivity index (χ1n) is 6.59. The van der Waals surface area contributed by atoms with Crippen LogP contribution in [0.5, 0.6) is 0 Å². The van der Waals surface area contributed by atoms with Crippen LogP contribution in [0.25, 0.3) is 0 Å². The Morgan fingerprint density at radius 1 is 1.00 bits per heavy atom. The highest BCUT2D eigenvalue weighted by Crippen LogP contribution is 2.15. The second-order valence-electron chi connectivity index (χ2n) is 4.55. The summed E-state index contributed by atoms with van der Waals surface area (Å²) in [5.74, 6) is 2.27. The third kappa shape index (κ3) is 4.95. The number of rotatable bonds is 5. The van der Waals surface area contributed by atoms with Gasteiger partial charge in [0.1, 0.15) is 0 Å². The number of aliphatic imine (C=N–C) groups is 1. The van der Waals surface area contributed by atoms with Crippen LogP contribution in [0, 0.1) is 0 Å². The van der Waals surface area contributed by atoms with E-state index < -0.39 is 0 Å². The smallest absolute Gasteiger partial charge is 0.0479 e. The van der Waals surface area contributed by atoms with Gasteiger partial charge in [0.2, 0.25) is 0 Å². The van der Waals surface area contributed by atoms with Crippen LogP contribution in [0.15, 0.2) is 35.3 Å². The molecule has 0 N–H and O–H groups in total. The monoisotopic (exact) mass is 247 g/mol. The summed E-state index contributed by atoms with van der Waals surface area (Å²) in [4.78, 5) is 4.71. The Morgan fingerprint density at radius 3 is 2.53 bits per heavy atom. The van der Waals surface area contributed by atoms with Crippen molar-refractivity contribution in [1.29, 1.82) is 0 Å². The standard InChI is InChI=1S/C15H21NS/c1-3-7-14(8-4-1)13-17-12-11-16-15-9-5-2-6-10-15/h1,3-4,7-8H,2,5-6,9-13H2. The predicted octanol–water partition coefficient (Wildman–Crippen LogP) is 4.32. The van der Waals surface area contributed by atoms with E-state index >= 15 is 0 Å². The summed E-state index contributed by atoms with van der Waals surface area (Å²) in [5.41, 5.74) is 2.89. The average Bonchev–Trinajstić information content (AvgIpc) is 2.41. The maximum absolute atomic E-state index is 4.71. The van der Waals surface area contributed by atoms with Gasteiger partial charge in [-0.05, 0) is 31.2 Å². The van der Waals surface area contributed by atoms with Gasteiger partial charge in [-0.2, -0.15) is 11.8 Å². The van der Waals surface area contributed by atoms with Gasteiger partial charge >= 0.3 is 0 Å². The fourth-order valence-corrected chi connectivity index (χ4v) is 2.94. The van der Waals surface area contributed by atoms with E-state index in [0.717, 1.165) is 18.1 Å². The Balaban J connectivity index is 1.60. The lowest BCUT2D eigenvalue weighted by Gasteiger charge is -2.12. The Labute approximate surface area is 109 Å². The SMILES string of the molecule is c1ccc(CSCCN=C2CCCCC2)cc1. The molecule has 0 spiro atoms. The fraction of sp³-hybridized carbons (Fsp3) is 0.533. The second-order valence-corrected chi connectivity index (χ2v) is 5.65. The molecule has 2 rings (SSSR count). The molecule has 0 amide bonds. The molecule has 1 aromatic rings.